The van der Waals surface area contributed by atoms with Crippen LogP contribution in [0.25, 0.3) is 16.6 Å². The molecule has 2 atom stereocenters. The molecule has 4 aromatic rings. The quantitative estimate of drug-likeness (QED) is 0.504. The van der Waals surface area contributed by atoms with Crippen LogP contribution in [0.5, 0.6) is 0 Å². The molecule has 31 heavy (non-hydrogen) atoms. The molecule has 0 bridgehead atoms. The van der Waals surface area contributed by atoms with E-state index >= 15 is 0 Å². The Morgan fingerprint density at radius 3 is 2.65 bits per heavy atom. The average molecular weight is 437 g/mol. The van der Waals surface area contributed by atoms with E-state index in [1.807, 2.05) is 32.2 Å². The van der Waals surface area contributed by atoms with Crippen LogP contribution in [-0.4, -0.2) is 49.7 Å². The van der Waals surface area contributed by atoms with Crippen LogP contribution in [0.4, 0.5) is 17.3 Å². The van der Waals surface area contributed by atoms with Crippen LogP contribution in [0.1, 0.15) is 25.1 Å². The van der Waals surface area contributed by atoms with E-state index in [4.69, 9.17) is 11.6 Å². The Morgan fingerprint density at radius 2 is 1.87 bits per heavy atom. The molecule has 2 N–H and O–H groups in total. The number of anilines is 3. The number of aryl methyl sites for hydroxylation is 2. The number of piperazine rings is 1. The largest absolute Gasteiger partial charge is 0.368 e. The van der Waals surface area contributed by atoms with E-state index < -0.39 is 0 Å². The van der Waals surface area contributed by atoms with E-state index in [9.17, 15) is 0 Å². The molecule has 160 valence electrons. The van der Waals surface area contributed by atoms with Gasteiger partial charge in [-0.15, -0.1) is 5.10 Å². The number of fused-ring (bicyclic) bond motifs is 2. The van der Waals surface area contributed by atoms with Gasteiger partial charge in [0.25, 0.3) is 0 Å². The Kier molecular flexibility index (Phi) is 4.91. The van der Waals surface area contributed by atoms with Crippen LogP contribution >= 0.6 is 11.6 Å². The maximum atomic E-state index is 6.76. The molecule has 0 amide bonds. The highest BCUT2D eigenvalue weighted by atomic mass is 35.5. The number of hydrogen-bond acceptors (Lipinski definition) is 7. The summed E-state index contributed by atoms with van der Waals surface area (Å²) in [5.41, 5.74) is 4.67. The van der Waals surface area contributed by atoms with Crippen LogP contribution in [0.3, 0.4) is 0 Å². The number of nitrogens with one attached hydrogen (secondary N) is 2. The van der Waals surface area contributed by atoms with E-state index in [1.165, 1.54) is 0 Å². The summed E-state index contributed by atoms with van der Waals surface area (Å²) in [6.07, 6.45) is 3.46. The third-order valence-corrected chi connectivity index (χ3v) is 5.87. The lowest BCUT2D eigenvalue weighted by molar-refractivity contribution is 0.407. The molecule has 9 heteroatoms. The minimum atomic E-state index is 0.414. The van der Waals surface area contributed by atoms with Gasteiger partial charge in [0.05, 0.1) is 27.8 Å². The summed E-state index contributed by atoms with van der Waals surface area (Å²) in [5.74, 6) is 1.30. The molecule has 1 aliphatic heterocycles. The van der Waals surface area contributed by atoms with Crippen molar-refractivity contribution in [3.8, 4) is 0 Å². The maximum Gasteiger partial charge on any atom is 0.156 e. The predicted molar refractivity (Wildman–Crippen MR) is 125 cm³/mol. The molecule has 4 heterocycles. The Morgan fingerprint density at radius 1 is 1.10 bits per heavy atom. The van der Waals surface area contributed by atoms with Crippen molar-refractivity contribution in [3.63, 3.8) is 0 Å². The molecule has 0 radical (unpaired) electrons. The minimum absolute atomic E-state index is 0.414. The maximum absolute atomic E-state index is 6.76. The highest BCUT2D eigenvalue weighted by Crippen LogP contribution is 2.34. The second-order valence-corrected chi connectivity index (χ2v) is 8.81. The molecule has 3 aromatic heterocycles. The third kappa shape index (κ3) is 3.77. The molecule has 1 aromatic carbocycles. The summed E-state index contributed by atoms with van der Waals surface area (Å²) < 4.78 is 1.78. The van der Waals surface area contributed by atoms with E-state index in [0.717, 1.165) is 46.6 Å². The van der Waals surface area contributed by atoms with E-state index in [1.54, 1.807) is 10.8 Å². The molecule has 0 unspecified atom stereocenters. The number of hydrogen-bond donors (Lipinski definition) is 2. The number of imidazole rings is 1. The minimum Gasteiger partial charge on any atom is -0.368 e. The number of halogens is 1. The van der Waals surface area contributed by atoms with Crippen LogP contribution in [0.15, 0.2) is 30.7 Å². The van der Waals surface area contributed by atoms with E-state index in [-0.39, 0.29) is 0 Å². The molecule has 0 saturated carbocycles. The summed E-state index contributed by atoms with van der Waals surface area (Å²) in [6.45, 7) is 10.2. The van der Waals surface area contributed by atoms with Gasteiger partial charge in [0.1, 0.15) is 12.1 Å². The summed E-state index contributed by atoms with van der Waals surface area (Å²) in [6, 6.07) is 6.87. The van der Waals surface area contributed by atoms with Crippen LogP contribution in [-0.2, 0) is 0 Å². The predicted octanol–water partition coefficient (Wildman–Crippen LogP) is 3.87. The molecule has 1 saturated heterocycles. The van der Waals surface area contributed by atoms with Gasteiger partial charge in [0, 0.05) is 30.9 Å². The average Bonchev–Trinajstić information content (AvgIpc) is 3.08. The van der Waals surface area contributed by atoms with Crippen molar-refractivity contribution in [1.82, 2.24) is 29.9 Å². The summed E-state index contributed by atoms with van der Waals surface area (Å²) in [4.78, 5) is 15.8. The molecule has 1 fully saturated rings. The van der Waals surface area contributed by atoms with Crippen molar-refractivity contribution >= 4 is 45.5 Å². The summed E-state index contributed by atoms with van der Waals surface area (Å²) >= 11 is 6.76. The molecule has 8 nitrogen and oxygen atoms in total. The zero-order valence-electron chi connectivity index (χ0n) is 18.0. The van der Waals surface area contributed by atoms with E-state index in [2.05, 4.69) is 55.5 Å². The fourth-order valence-corrected chi connectivity index (χ4v) is 4.67. The fourth-order valence-electron chi connectivity index (χ4n) is 4.37. The zero-order valence-corrected chi connectivity index (χ0v) is 18.8. The van der Waals surface area contributed by atoms with Gasteiger partial charge in [0.2, 0.25) is 0 Å². The van der Waals surface area contributed by atoms with Gasteiger partial charge in [-0.3, -0.25) is 0 Å². The van der Waals surface area contributed by atoms with Crippen molar-refractivity contribution in [2.24, 2.45) is 0 Å². The van der Waals surface area contributed by atoms with Crippen molar-refractivity contribution in [2.75, 3.05) is 23.3 Å². The second kappa shape index (κ2) is 7.62. The monoisotopic (exact) mass is 436 g/mol. The Labute approximate surface area is 185 Å². The number of benzene rings is 1. The smallest absolute Gasteiger partial charge is 0.156 e. The Bertz CT molecular complexity index is 1270. The fraction of sp³-hybridized carbons (Fsp3) is 0.364. The number of aromatic nitrogens is 5. The van der Waals surface area contributed by atoms with Crippen LogP contribution < -0.4 is 15.5 Å². The summed E-state index contributed by atoms with van der Waals surface area (Å²) in [7, 11) is 0. The summed E-state index contributed by atoms with van der Waals surface area (Å²) in [5, 5.41) is 12.9. The van der Waals surface area contributed by atoms with Gasteiger partial charge in [0.15, 0.2) is 11.5 Å². The number of nitrogens with zero attached hydrogens (tertiary/aromatic N) is 6. The highest BCUT2D eigenvalue weighted by Gasteiger charge is 2.22. The molecule has 0 aliphatic carbocycles. The first-order valence-corrected chi connectivity index (χ1v) is 10.8. The molecular formula is C22H25ClN8. The lowest BCUT2D eigenvalue weighted by Gasteiger charge is -2.37. The molecule has 0 spiro atoms. The second-order valence-electron chi connectivity index (χ2n) is 8.41. The van der Waals surface area contributed by atoms with Crippen molar-refractivity contribution in [3.05, 3.63) is 47.0 Å². The lowest BCUT2D eigenvalue weighted by atomic mass is 10.1. The topological polar surface area (TPSA) is 83.3 Å². The van der Waals surface area contributed by atoms with Crippen molar-refractivity contribution < 1.29 is 0 Å². The van der Waals surface area contributed by atoms with Gasteiger partial charge in [-0.05, 0) is 51.5 Å². The first kappa shape index (κ1) is 20.0. The lowest BCUT2D eigenvalue weighted by Crippen LogP contribution is -2.54. The van der Waals surface area contributed by atoms with Gasteiger partial charge in [-0.1, -0.05) is 11.6 Å². The first-order chi connectivity index (χ1) is 14.9. The van der Waals surface area contributed by atoms with Gasteiger partial charge in [-0.2, -0.15) is 0 Å². The zero-order chi connectivity index (χ0) is 21.7. The molecule has 1 aliphatic rings. The van der Waals surface area contributed by atoms with Crippen molar-refractivity contribution in [2.45, 2.75) is 39.8 Å². The number of rotatable bonds is 3. The third-order valence-electron chi connectivity index (χ3n) is 5.57. The first-order valence-electron chi connectivity index (χ1n) is 10.4. The van der Waals surface area contributed by atoms with Crippen LogP contribution in [0, 0.1) is 13.8 Å². The van der Waals surface area contributed by atoms with Gasteiger partial charge in [-0.25, -0.2) is 19.5 Å². The molecular weight excluding hydrogens is 412 g/mol. The van der Waals surface area contributed by atoms with E-state index in [0.29, 0.717) is 28.7 Å². The SMILES string of the molecule is Cc1cn2nc(Nc3ncnc4cc(N5C[C@@H](C)N[C@@H](C)C5)cc(Cl)c34)cc(C)c2n1. The Hall–Kier alpha value is -2.97. The standard InChI is InChI=1S/C22H25ClN8/c1-12-5-19(29-31-10-15(4)27-22(12)31)28-21-20-17(23)6-16(7-18(20)24-11-25-21)30-8-13(2)26-14(3)9-30/h5-7,10-11,13-14,26H,8-9H2,1-4H3,(H,24,25,28,29)/t13-,14+. The van der Waals surface area contributed by atoms with Crippen LogP contribution in [0.2, 0.25) is 5.02 Å². The van der Waals surface area contributed by atoms with Gasteiger partial charge < -0.3 is 15.5 Å². The highest BCUT2D eigenvalue weighted by molar-refractivity contribution is 6.36. The van der Waals surface area contributed by atoms with Gasteiger partial charge >= 0.3 is 0 Å². The van der Waals surface area contributed by atoms with Crippen molar-refractivity contribution in [1.29, 1.82) is 0 Å². The normalized spacial score (nSPS) is 19.3. The Balaban J connectivity index is 1.53. The molecule has 5 rings (SSSR count).